The second-order valence-electron chi connectivity index (χ2n) is 6.29. The number of nitrogens with zero attached hydrogens (tertiary/aromatic N) is 2. The fourth-order valence-electron chi connectivity index (χ4n) is 2.78. The largest absolute Gasteiger partial charge is 0.356 e. The van der Waals surface area contributed by atoms with Crippen LogP contribution >= 0.6 is 15.9 Å². The van der Waals surface area contributed by atoms with Gasteiger partial charge >= 0.3 is 0 Å². The third kappa shape index (κ3) is 3.25. The smallest absolute Gasteiger partial charge is 0.142 e. The highest BCUT2D eigenvalue weighted by Gasteiger charge is 2.27. The first-order valence-corrected chi connectivity index (χ1v) is 7.63. The maximum atomic E-state index is 4.51. The van der Waals surface area contributed by atoms with E-state index in [1.807, 2.05) is 12.3 Å². The molecule has 1 aromatic rings. The van der Waals surface area contributed by atoms with E-state index < -0.39 is 0 Å². The van der Waals surface area contributed by atoms with Crippen molar-refractivity contribution in [3.8, 4) is 0 Å². The van der Waals surface area contributed by atoms with Crippen LogP contribution < -0.4 is 4.90 Å². The lowest BCUT2D eigenvalue weighted by molar-refractivity contribution is 0.220. The lowest BCUT2D eigenvalue weighted by Gasteiger charge is -2.30. The van der Waals surface area contributed by atoms with E-state index in [4.69, 9.17) is 0 Å². The molecule has 1 saturated heterocycles. The van der Waals surface area contributed by atoms with Crippen LogP contribution in [0.3, 0.4) is 0 Å². The SMILES string of the molecule is CC(C)(C)C1CCCN(c2ncccc2Br)CC1. The molecule has 1 aromatic heterocycles. The number of hydrogen-bond acceptors (Lipinski definition) is 2. The van der Waals surface area contributed by atoms with Crippen molar-refractivity contribution < 1.29 is 0 Å². The van der Waals surface area contributed by atoms with E-state index in [-0.39, 0.29) is 0 Å². The first kappa shape index (κ1) is 13.9. The van der Waals surface area contributed by atoms with E-state index in [1.165, 1.54) is 19.3 Å². The lowest BCUT2D eigenvalue weighted by atomic mass is 9.77. The highest BCUT2D eigenvalue weighted by molar-refractivity contribution is 9.10. The third-order valence-electron chi connectivity index (χ3n) is 3.99. The van der Waals surface area contributed by atoms with Gasteiger partial charge in [-0.1, -0.05) is 20.8 Å². The van der Waals surface area contributed by atoms with Crippen molar-refractivity contribution in [2.45, 2.75) is 40.0 Å². The van der Waals surface area contributed by atoms with Gasteiger partial charge < -0.3 is 4.90 Å². The number of pyridine rings is 1. The third-order valence-corrected chi connectivity index (χ3v) is 4.61. The maximum Gasteiger partial charge on any atom is 0.142 e. The topological polar surface area (TPSA) is 16.1 Å². The molecular weight excluding hydrogens is 288 g/mol. The number of anilines is 1. The molecule has 0 aromatic carbocycles. The van der Waals surface area contributed by atoms with Crippen molar-refractivity contribution in [2.75, 3.05) is 18.0 Å². The van der Waals surface area contributed by atoms with Gasteiger partial charge in [0.2, 0.25) is 0 Å². The van der Waals surface area contributed by atoms with Crippen molar-refractivity contribution in [2.24, 2.45) is 11.3 Å². The summed E-state index contributed by atoms with van der Waals surface area (Å²) in [5, 5.41) is 0. The molecule has 2 heterocycles. The summed E-state index contributed by atoms with van der Waals surface area (Å²) in [7, 11) is 0. The standard InChI is InChI=1S/C15H23BrN2/c1-15(2,3)12-6-5-10-18(11-8-12)14-13(16)7-4-9-17-14/h4,7,9,12H,5-6,8,10-11H2,1-3H3. The predicted molar refractivity (Wildman–Crippen MR) is 80.9 cm³/mol. The van der Waals surface area contributed by atoms with Crippen molar-refractivity contribution in [1.29, 1.82) is 0 Å². The lowest BCUT2D eigenvalue weighted by Crippen LogP contribution is -2.27. The van der Waals surface area contributed by atoms with E-state index in [9.17, 15) is 0 Å². The summed E-state index contributed by atoms with van der Waals surface area (Å²) >= 11 is 3.61. The molecule has 1 atom stereocenters. The van der Waals surface area contributed by atoms with Gasteiger partial charge in [-0.25, -0.2) is 4.98 Å². The van der Waals surface area contributed by atoms with E-state index in [0.717, 1.165) is 29.3 Å². The van der Waals surface area contributed by atoms with Gasteiger partial charge in [-0.05, 0) is 58.7 Å². The van der Waals surface area contributed by atoms with Crippen molar-refractivity contribution >= 4 is 21.7 Å². The van der Waals surface area contributed by atoms with Crippen molar-refractivity contribution in [3.05, 3.63) is 22.8 Å². The normalized spacial score (nSPS) is 21.8. The van der Waals surface area contributed by atoms with E-state index in [0.29, 0.717) is 5.41 Å². The molecular formula is C15H23BrN2. The molecule has 0 bridgehead atoms. The van der Waals surface area contributed by atoms with Crippen LogP contribution in [0, 0.1) is 11.3 Å². The molecule has 1 unspecified atom stereocenters. The summed E-state index contributed by atoms with van der Waals surface area (Å²) in [6, 6.07) is 4.05. The molecule has 0 radical (unpaired) electrons. The number of aromatic nitrogens is 1. The summed E-state index contributed by atoms with van der Waals surface area (Å²) in [5.74, 6) is 1.93. The van der Waals surface area contributed by atoms with Crippen LogP contribution in [0.1, 0.15) is 40.0 Å². The predicted octanol–water partition coefficient (Wildman–Crippen LogP) is 4.50. The molecule has 3 heteroatoms. The molecule has 0 saturated carbocycles. The van der Waals surface area contributed by atoms with Crippen LogP contribution in [-0.2, 0) is 0 Å². The first-order chi connectivity index (χ1) is 8.48. The van der Waals surface area contributed by atoms with Gasteiger partial charge in [0.15, 0.2) is 0 Å². The molecule has 18 heavy (non-hydrogen) atoms. The highest BCUT2D eigenvalue weighted by atomic mass is 79.9. The van der Waals surface area contributed by atoms with Crippen LogP contribution in [0.2, 0.25) is 0 Å². The zero-order chi connectivity index (χ0) is 13.2. The Balaban J connectivity index is 2.08. The van der Waals surface area contributed by atoms with Gasteiger partial charge in [0.25, 0.3) is 0 Å². The van der Waals surface area contributed by atoms with E-state index >= 15 is 0 Å². The first-order valence-electron chi connectivity index (χ1n) is 6.84. The summed E-state index contributed by atoms with van der Waals surface area (Å²) < 4.78 is 1.11. The summed E-state index contributed by atoms with van der Waals surface area (Å²) in [4.78, 5) is 6.94. The summed E-state index contributed by atoms with van der Waals surface area (Å²) in [6.45, 7) is 9.35. The zero-order valence-electron chi connectivity index (χ0n) is 11.6. The number of halogens is 1. The van der Waals surface area contributed by atoms with Gasteiger partial charge in [0.05, 0.1) is 4.47 Å². The Bertz CT molecular complexity index is 398. The Morgan fingerprint density at radius 3 is 2.72 bits per heavy atom. The molecule has 0 amide bonds. The van der Waals surface area contributed by atoms with Crippen LogP contribution in [0.25, 0.3) is 0 Å². The van der Waals surface area contributed by atoms with Gasteiger partial charge in [-0.3, -0.25) is 0 Å². The Morgan fingerprint density at radius 1 is 1.28 bits per heavy atom. The van der Waals surface area contributed by atoms with Gasteiger partial charge in [0, 0.05) is 19.3 Å². The number of hydrogen-bond donors (Lipinski definition) is 0. The average molecular weight is 311 g/mol. The number of rotatable bonds is 1. The molecule has 1 fully saturated rings. The van der Waals surface area contributed by atoms with E-state index in [2.05, 4.69) is 52.7 Å². The van der Waals surface area contributed by atoms with Crippen LogP contribution in [0.15, 0.2) is 22.8 Å². The Labute approximate surface area is 119 Å². The van der Waals surface area contributed by atoms with Gasteiger partial charge in [-0.15, -0.1) is 0 Å². The molecule has 1 aliphatic rings. The zero-order valence-corrected chi connectivity index (χ0v) is 13.2. The molecule has 1 aliphatic heterocycles. The van der Waals surface area contributed by atoms with Crippen molar-refractivity contribution in [3.63, 3.8) is 0 Å². The monoisotopic (exact) mass is 310 g/mol. The Morgan fingerprint density at radius 2 is 2.06 bits per heavy atom. The molecule has 100 valence electrons. The van der Waals surface area contributed by atoms with Gasteiger partial charge in [0.1, 0.15) is 5.82 Å². The second-order valence-corrected chi connectivity index (χ2v) is 7.14. The van der Waals surface area contributed by atoms with Crippen LogP contribution in [-0.4, -0.2) is 18.1 Å². The molecule has 0 aliphatic carbocycles. The quantitative estimate of drug-likeness (QED) is 0.759. The fourth-order valence-corrected chi connectivity index (χ4v) is 3.29. The summed E-state index contributed by atoms with van der Waals surface area (Å²) in [5.41, 5.74) is 0.428. The second kappa shape index (κ2) is 5.60. The Hall–Kier alpha value is -0.570. The minimum Gasteiger partial charge on any atom is -0.356 e. The molecule has 0 N–H and O–H groups in total. The maximum absolute atomic E-state index is 4.51. The fraction of sp³-hybridized carbons (Fsp3) is 0.667. The minimum absolute atomic E-state index is 0.428. The van der Waals surface area contributed by atoms with Crippen LogP contribution in [0.4, 0.5) is 5.82 Å². The minimum atomic E-state index is 0.428. The van der Waals surface area contributed by atoms with Crippen molar-refractivity contribution in [1.82, 2.24) is 4.98 Å². The van der Waals surface area contributed by atoms with Crippen LogP contribution in [0.5, 0.6) is 0 Å². The summed E-state index contributed by atoms with van der Waals surface area (Å²) in [6.07, 6.45) is 5.76. The highest BCUT2D eigenvalue weighted by Crippen LogP contribution is 2.35. The van der Waals surface area contributed by atoms with Gasteiger partial charge in [-0.2, -0.15) is 0 Å². The molecule has 2 nitrogen and oxygen atoms in total. The molecule has 0 spiro atoms. The van der Waals surface area contributed by atoms with E-state index in [1.54, 1.807) is 0 Å². The average Bonchev–Trinajstić information content (AvgIpc) is 2.54. The molecule has 2 rings (SSSR count). The Kier molecular flexibility index (Phi) is 4.31.